The van der Waals surface area contributed by atoms with E-state index in [0.717, 1.165) is 12.3 Å². The van der Waals surface area contributed by atoms with Gasteiger partial charge in [0.1, 0.15) is 5.75 Å². The number of benzene rings is 1. The first-order chi connectivity index (χ1) is 8.63. The maximum Gasteiger partial charge on any atom is 0.124 e. The van der Waals surface area contributed by atoms with Crippen molar-refractivity contribution < 1.29 is 4.74 Å². The Morgan fingerprint density at radius 1 is 1.17 bits per heavy atom. The lowest BCUT2D eigenvalue weighted by molar-refractivity contribution is 0.407. The van der Waals surface area contributed by atoms with Gasteiger partial charge in [0, 0.05) is 6.04 Å². The normalized spacial score (nSPS) is 12.5. The zero-order chi connectivity index (χ0) is 13.5. The maximum absolute atomic E-state index is 5.43. The van der Waals surface area contributed by atoms with Gasteiger partial charge in [-0.3, -0.25) is 0 Å². The van der Waals surface area contributed by atoms with E-state index in [1.165, 1.54) is 36.0 Å². The van der Waals surface area contributed by atoms with Gasteiger partial charge < -0.3 is 10.1 Å². The first kappa shape index (κ1) is 15.0. The molecule has 18 heavy (non-hydrogen) atoms. The van der Waals surface area contributed by atoms with Crippen molar-refractivity contribution in [1.82, 2.24) is 5.32 Å². The van der Waals surface area contributed by atoms with Gasteiger partial charge in [0.25, 0.3) is 0 Å². The number of methoxy groups -OCH3 is 1. The fraction of sp³-hybridized carbons (Fsp3) is 0.625. The van der Waals surface area contributed by atoms with E-state index in [-0.39, 0.29) is 0 Å². The predicted octanol–water partition coefficient (Wildman–Crippen LogP) is 4.15. The predicted molar refractivity (Wildman–Crippen MR) is 78.4 cm³/mol. The summed E-state index contributed by atoms with van der Waals surface area (Å²) >= 11 is 0. The second-order valence-electron chi connectivity index (χ2n) is 4.94. The van der Waals surface area contributed by atoms with Crippen molar-refractivity contribution in [3.05, 3.63) is 28.8 Å². The van der Waals surface area contributed by atoms with Crippen molar-refractivity contribution >= 4 is 0 Å². The summed E-state index contributed by atoms with van der Waals surface area (Å²) in [5.74, 6) is 1.02. The third-order valence-electron chi connectivity index (χ3n) is 3.39. The molecule has 102 valence electrons. The van der Waals surface area contributed by atoms with Gasteiger partial charge >= 0.3 is 0 Å². The molecule has 0 aliphatic rings. The molecule has 2 nitrogen and oxygen atoms in total. The Morgan fingerprint density at radius 2 is 1.78 bits per heavy atom. The largest absolute Gasteiger partial charge is 0.496 e. The van der Waals surface area contributed by atoms with Crippen molar-refractivity contribution in [2.24, 2.45) is 0 Å². The highest BCUT2D eigenvalue weighted by molar-refractivity contribution is 5.44. The molecule has 0 spiro atoms. The van der Waals surface area contributed by atoms with E-state index < -0.39 is 0 Å². The van der Waals surface area contributed by atoms with Crippen LogP contribution in [0.1, 0.15) is 55.8 Å². The molecule has 0 saturated heterocycles. The minimum Gasteiger partial charge on any atom is -0.496 e. The van der Waals surface area contributed by atoms with E-state index in [1.54, 1.807) is 7.11 Å². The maximum atomic E-state index is 5.43. The molecule has 2 heteroatoms. The van der Waals surface area contributed by atoms with Crippen molar-refractivity contribution in [3.8, 4) is 5.75 Å². The minimum atomic E-state index is 0.471. The third kappa shape index (κ3) is 3.74. The van der Waals surface area contributed by atoms with E-state index in [1.807, 2.05) is 0 Å². The molecule has 1 aromatic rings. The van der Waals surface area contributed by atoms with Gasteiger partial charge in [-0.25, -0.2) is 0 Å². The van der Waals surface area contributed by atoms with E-state index in [2.05, 4.69) is 45.1 Å². The molecule has 0 saturated carbocycles. The number of aryl methyl sites for hydroxylation is 2. The molecule has 1 atom stereocenters. The standard InChI is InChI=1S/C16H27NO/c1-6-8-9-15(17-7-2)14-10-12(3)16(18-5)13(4)11-14/h10-11,15,17H,6-9H2,1-5H3. The Hall–Kier alpha value is -1.02. The number of ether oxygens (including phenoxy) is 1. The van der Waals surface area contributed by atoms with Crippen LogP contribution in [0, 0.1) is 13.8 Å². The third-order valence-corrected chi connectivity index (χ3v) is 3.39. The van der Waals surface area contributed by atoms with Crippen LogP contribution >= 0.6 is 0 Å². The zero-order valence-corrected chi connectivity index (χ0v) is 12.5. The highest BCUT2D eigenvalue weighted by Gasteiger charge is 2.13. The molecule has 0 heterocycles. The Labute approximate surface area is 112 Å². The lowest BCUT2D eigenvalue weighted by Gasteiger charge is -2.20. The summed E-state index contributed by atoms with van der Waals surface area (Å²) in [7, 11) is 1.74. The average Bonchev–Trinajstić information content (AvgIpc) is 2.34. The number of rotatable bonds is 7. The number of hydrogen-bond acceptors (Lipinski definition) is 2. The van der Waals surface area contributed by atoms with E-state index >= 15 is 0 Å². The summed E-state index contributed by atoms with van der Waals surface area (Å²) in [4.78, 5) is 0. The van der Waals surface area contributed by atoms with Gasteiger partial charge in [-0.1, -0.05) is 38.8 Å². The van der Waals surface area contributed by atoms with Crippen molar-refractivity contribution in [3.63, 3.8) is 0 Å². The van der Waals surface area contributed by atoms with Crippen LogP contribution in [0.25, 0.3) is 0 Å². The summed E-state index contributed by atoms with van der Waals surface area (Å²) in [5, 5.41) is 3.58. The lowest BCUT2D eigenvalue weighted by Crippen LogP contribution is -2.21. The van der Waals surface area contributed by atoms with Crippen LogP contribution in [-0.2, 0) is 0 Å². The van der Waals surface area contributed by atoms with E-state index in [0.29, 0.717) is 6.04 Å². The molecule has 1 N–H and O–H groups in total. The molecule has 1 unspecified atom stereocenters. The summed E-state index contributed by atoms with van der Waals surface area (Å²) in [6.07, 6.45) is 3.72. The fourth-order valence-electron chi connectivity index (χ4n) is 2.55. The van der Waals surface area contributed by atoms with Gasteiger partial charge in [0.15, 0.2) is 0 Å². The fourth-order valence-corrected chi connectivity index (χ4v) is 2.55. The van der Waals surface area contributed by atoms with Crippen LogP contribution in [0.2, 0.25) is 0 Å². The first-order valence-electron chi connectivity index (χ1n) is 7.02. The summed E-state index contributed by atoms with van der Waals surface area (Å²) in [6, 6.07) is 4.99. The minimum absolute atomic E-state index is 0.471. The monoisotopic (exact) mass is 249 g/mol. The molecule has 0 amide bonds. The second kappa shape index (κ2) is 7.42. The summed E-state index contributed by atoms with van der Waals surface area (Å²) in [5.41, 5.74) is 3.85. The smallest absolute Gasteiger partial charge is 0.124 e. The van der Waals surface area contributed by atoms with Crippen LogP contribution < -0.4 is 10.1 Å². The first-order valence-corrected chi connectivity index (χ1v) is 7.02. The number of unbranched alkanes of at least 4 members (excludes halogenated alkanes) is 1. The SMILES string of the molecule is CCCCC(NCC)c1cc(C)c(OC)c(C)c1. The zero-order valence-electron chi connectivity index (χ0n) is 12.5. The Balaban J connectivity index is 2.97. The molecule has 0 aromatic heterocycles. The van der Waals surface area contributed by atoms with E-state index in [4.69, 9.17) is 4.74 Å². The number of nitrogens with one attached hydrogen (secondary N) is 1. The van der Waals surface area contributed by atoms with Crippen molar-refractivity contribution in [2.75, 3.05) is 13.7 Å². The topological polar surface area (TPSA) is 21.3 Å². The average molecular weight is 249 g/mol. The molecule has 0 fully saturated rings. The molecule has 0 aliphatic heterocycles. The Kier molecular flexibility index (Phi) is 6.20. The number of hydrogen-bond donors (Lipinski definition) is 1. The molecule has 0 bridgehead atoms. The van der Waals surface area contributed by atoms with Gasteiger partial charge in [0.2, 0.25) is 0 Å². The summed E-state index contributed by atoms with van der Waals surface area (Å²) < 4.78 is 5.43. The van der Waals surface area contributed by atoms with Crippen molar-refractivity contribution in [1.29, 1.82) is 0 Å². The van der Waals surface area contributed by atoms with Gasteiger partial charge in [0.05, 0.1) is 7.11 Å². The molecular weight excluding hydrogens is 222 g/mol. The highest BCUT2D eigenvalue weighted by Crippen LogP contribution is 2.29. The van der Waals surface area contributed by atoms with Gasteiger partial charge in [-0.2, -0.15) is 0 Å². The van der Waals surface area contributed by atoms with Gasteiger partial charge in [-0.15, -0.1) is 0 Å². The quantitative estimate of drug-likeness (QED) is 0.783. The van der Waals surface area contributed by atoms with Crippen LogP contribution in [-0.4, -0.2) is 13.7 Å². The molecule has 1 aromatic carbocycles. The highest BCUT2D eigenvalue weighted by atomic mass is 16.5. The van der Waals surface area contributed by atoms with E-state index in [9.17, 15) is 0 Å². The molecule has 0 radical (unpaired) electrons. The second-order valence-corrected chi connectivity index (χ2v) is 4.94. The molecule has 0 aliphatic carbocycles. The molecule has 1 rings (SSSR count). The Bertz CT molecular complexity index is 350. The van der Waals surface area contributed by atoms with Crippen LogP contribution in [0.4, 0.5) is 0 Å². The lowest BCUT2D eigenvalue weighted by atomic mass is 9.96. The van der Waals surface area contributed by atoms with Crippen LogP contribution in [0.15, 0.2) is 12.1 Å². The van der Waals surface area contributed by atoms with Crippen LogP contribution in [0.5, 0.6) is 5.75 Å². The molecular formula is C16H27NO. The summed E-state index contributed by atoms with van der Waals surface area (Å²) in [6.45, 7) is 9.67. The Morgan fingerprint density at radius 3 is 2.22 bits per heavy atom. The van der Waals surface area contributed by atoms with Crippen molar-refractivity contribution in [2.45, 2.75) is 53.0 Å². The van der Waals surface area contributed by atoms with Gasteiger partial charge in [-0.05, 0) is 43.5 Å². The van der Waals surface area contributed by atoms with Crippen LogP contribution in [0.3, 0.4) is 0 Å².